The molecule has 1 aromatic heterocycles. The maximum atomic E-state index is 13.4. The SMILES string of the molecule is Cc1ccc2sc(N(Cc3ccccc3)C(=O)COc3ccc4ccccc4c3)nc2c1C. The standard InChI is InChI=1S/C28H24N2O2S/c1-19-12-15-25-27(20(19)2)29-28(33-25)30(17-21-8-4-3-5-9-21)26(31)18-32-24-14-13-22-10-6-7-11-23(22)16-24/h3-16H,17-18H2,1-2H3. The van der Waals surface area contributed by atoms with Crippen LogP contribution in [0.1, 0.15) is 16.7 Å². The van der Waals surface area contributed by atoms with Gasteiger partial charge >= 0.3 is 0 Å². The first-order valence-corrected chi connectivity index (χ1v) is 11.7. The molecule has 0 aliphatic carbocycles. The van der Waals surface area contributed by atoms with Gasteiger partial charge in [0, 0.05) is 0 Å². The summed E-state index contributed by atoms with van der Waals surface area (Å²) >= 11 is 1.54. The van der Waals surface area contributed by atoms with Crippen LogP contribution in [-0.2, 0) is 11.3 Å². The number of benzene rings is 4. The first-order chi connectivity index (χ1) is 16.1. The van der Waals surface area contributed by atoms with E-state index in [0.29, 0.717) is 17.4 Å². The van der Waals surface area contributed by atoms with Gasteiger partial charge in [0.15, 0.2) is 11.7 Å². The van der Waals surface area contributed by atoms with Gasteiger partial charge in [-0.3, -0.25) is 9.69 Å². The van der Waals surface area contributed by atoms with E-state index in [1.54, 1.807) is 4.90 Å². The fourth-order valence-corrected chi connectivity index (χ4v) is 4.88. The number of amides is 1. The number of anilines is 1. The Bertz CT molecular complexity index is 1440. The fraction of sp³-hybridized carbons (Fsp3) is 0.143. The second-order valence-electron chi connectivity index (χ2n) is 8.11. The zero-order valence-corrected chi connectivity index (χ0v) is 19.4. The van der Waals surface area contributed by atoms with Crippen LogP contribution < -0.4 is 9.64 Å². The number of aromatic nitrogens is 1. The van der Waals surface area contributed by atoms with E-state index in [2.05, 4.69) is 32.0 Å². The number of hydrogen-bond donors (Lipinski definition) is 0. The van der Waals surface area contributed by atoms with Crippen LogP contribution in [0.25, 0.3) is 21.0 Å². The molecule has 0 fully saturated rings. The maximum Gasteiger partial charge on any atom is 0.267 e. The summed E-state index contributed by atoms with van der Waals surface area (Å²) in [7, 11) is 0. The lowest BCUT2D eigenvalue weighted by Gasteiger charge is -2.20. The van der Waals surface area contributed by atoms with Crippen LogP contribution in [0.15, 0.2) is 84.9 Å². The van der Waals surface area contributed by atoms with Gasteiger partial charge in [-0.2, -0.15) is 0 Å². The average Bonchev–Trinajstić information content (AvgIpc) is 3.28. The molecule has 1 amide bonds. The van der Waals surface area contributed by atoms with Crippen molar-refractivity contribution in [3.05, 3.63) is 102 Å². The lowest BCUT2D eigenvalue weighted by molar-refractivity contribution is -0.120. The first-order valence-electron chi connectivity index (χ1n) is 10.9. The molecule has 0 atom stereocenters. The van der Waals surface area contributed by atoms with E-state index in [1.165, 1.54) is 16.9 Å². The normalized spacial score (nSPS) is 11.1. The second kappa shape index (κ2) is 9.04. The minimum atomic E-state index is -0.125. The van der Waals surface area contributed by atoms with Gasteiger partial charge in [0.2, 0.25) is 0 Å². The highest BCUT2D eigenvalue weighted by Gasteiger charge is 2.21. The highest BCUT2D eigenvalue weighted by molar-refractivity contribution is 7.22. The largest absolute Gasteiger partial charge is 0.484 e. The third-order valence-electron chi connectivity index (χ3n) is 5.87. The first kappa shape index (κ1) is 21.2. The van der Waals surface area contributed by atoms with Crippen LogP contribution in [-0.4, -0.2) is 17.5 Å². The fourth-order valence-electron chi connectivity index (χ4n) is 3.84. The van der Waals surface area contributed by atoms with Gasteiger partial charge in [-0.15, -0.1) is 0 Å². The Balaban J connectivity index is 1.43. The van der Waals surface area contributed by atoms with Crippen molar-refractivity contribution in [2.24, 2.45) is 0 Å². The predicted molar refractivity (Wildman–Crippen MR) is 136 cm³/mol. The third-order valence-corrected chi connectivity index (χ3v) is 6.92. The molecule has 0 N–H and O–H groups in total. The molecule has 1 heterocycles. The minimum absolute atomic E-state index is 0.0564. The molecule has 0 bridgehead atoms. The Morgan fingerprint density at radius 2 is 1.67 bits per heavy atom. The molecule has 0 radical (unpaired) electrons. The summed E-state index contributed by atoms with van der Waals surface area (Å²) in [6.07, 6.45) is 0. The number of ether oxygens (including phenoxy) is 1. The van der Waals surface area contributed by atoms with Crippen LogP contribution in [0.4, 0.5) is 5.13 Å². The summed E-state index contributed by atoms with van der Waals surface area (Å²) in [5, 5.41) is 2.91. The van der Waals surface area contributed by atoms with E-state index < -0.39 is 0 Å². The lowest BCUT2D eigenvalue weighted by atomic mass is 10.1. The van der Waals surface area contributed by atoms with Gasteiger partial charge in [-0.1, -0.05) is 78.1 Å². The smallest absolute Gasteiger partial charge is 0.267 e. The van der Waals surface area contributed by atoms with Crippen LogP contribution in [0.3, 0.4) is 0 Å². The Morgan fingerprint density at radius 3 is 2.48 bits per heavy atom. The molecule has 0 unspecified atom stereocenters. The molecule has 164 valence electrons. The van der Waals surface area contributed by atoms with E-state index in [-0.39, 0.29) is 12.5 Å². The van der Waals surface area contributed by atoms with Gasteiger partial charge < -0.3 is 4.74 Å². The lowest BCUT2D eigenvalue weighted by Crippen LogP contribution is -2.34. The molecule has 0 saturated heterocycles. The van der Waals surface area contributed by atoms with Crippen molar-refractivity contribution in [2.45, 2.75) is 20.4 Å². The van der Waals surface area contributed by atoms with E-state index in [0.717, 1.165) is 32.1 Å². The van der Waals surface area contributed by atoms with E-state index in [1.807, 2.05) is 66.7 Å². The van der Waals surface area contributed by atoms with Gasteiger partial charge in [0.05, 0.1) is 16.8 Å². The predicted octanol–water partition coefficient (Wildman–Crippen LogP) is 6.68. The number of aryl methyl sites for hydroxylation is 2. The number of hydrogen-bond acceptors (Lipinski definition) is 4. The number of carbonyl (C=O) groups is 1. The molecule has 5 rings (SSSR count). The number of rotatable bonds is 6. The molecule has 0 aliphatic heterocycles. The van der Waals surface area contributed by atoms with Gasteiger partial charge in [0.25, 0.3) is 5.91 Å². The van der Waals surface area contributed by atoms with Gasteiger partial charge in [-0.25, -0.2) is 4.98 Å². The van der Waals surface area contributed by atoms with Gasteiger partial charge in [-0.05, 0) is 59.5 Å². The molecule has 0 spiro atoms. The summed E-state index contributed by atoms with van der Waals surface area (Å²) in [4.78, 5) is 20.0. The zero-order valence-electron chi connectivity index (χ0n) is 18.6. The monoisotopic (exact) mass is 452 g/mol. The molecular weight excluding hydrogens is 428 g/mol. The highest BCUT2D eigenvalue weighted by atomic mass is 32.1. The van der Waals surface area contributed by atoms with Crippen molar-refractivity contribution in [1.29, 1.82) is 0 Å². The summed E-state index contributed by atoms with van der Waals surface area (Å²) in [6, 6.07) is 28.1. The van der Waals surface area contributed by atoms with Crippen molar-refractivity contribution in [3.63, 3.8) is 0 Å². The molecule has 0 aliphatic rings. The number of thiazole rings is 1. The number of nitrogens with zero attached hydrogens (tertiary/aromatic N) is 2. The molecule has 5 heteroatoms. The Hall–Kier alpha value is -3.70. The average molecular weight is 453 g/mol. The van der Waals surface area contributed by atoms with Crippen LogP contribution in [0.5, 0.6) is 5.75 Å². The molecule has 0 saturated carbocycles. The molecule has 5 aromatic rings. The Kier molecular flexibility index (Phi) is 5.80. The van der Waals surface area contributed by atoms with Crippen molar-refractivity contribution >= 4 is 43.4 Å². The van der Waals surface area contributed by atoms with Gasteiger partial charge in [0.1, 0.15) is 5.75 Å². The Labute approximate surface area is 197 Å². The van der Waals surface area contributed by atoms with E-state index in [4.69, 9.17) is 9.72 Å². The Morgan fingerprint density at radius 1 is 0.909 bits per heavy atom. The third kappa shape index (κ3) is 4.45. The highest BCUT2D eigenvalue weighted by Crippen LogP contribution is 2.33. The molecule has 33 heavy (non-hydrogen) atoms. The maximum absolute atomic E-state index is 13.4. The van der Waals surface area contributed by atoms with Crippen molar-refractivity contribution in [3.8, 4) is 5.75 Å². The number of fused-ring (bicyclic) bond motifs is 2. The quantitative estimate of drug-likeness (QED) is 0.289. The van der Waals surface area contributed by atoms with Crippen LogP contribution in [0, 0.1) is 13.8 Å². The van der Waals surface area contributed by atoms with Crippen molar-refractivity contribution in [2.75, 3.05) is 11.5 Å². The summed E-state index contributed by atoms with van der Waals surface area (Å²) in [6.45, 7) is 4.54. The molecule has 4 nitrogen and oxygen atoms in total. The molecule has 4 aromatic carbocycles. The molecular formula is C28H24N2O2S. The summed E-state index contributed by atoms with van der Waals surface area (Å²) in [5.74, 6) is 0.554. The van der Waals surface area contributed by atoms with Crippen molar-refractivity contribution < 1.29 is 9.53 Å². The van der Waals surface area contributed by atoms with Crippen molar-refractivity contribution in [1.82, 2.24) is 4.98 Å². The second-order valence-corrected chi connectivity index (χ2v) is 9.12. The topological polar surface area (TPSA) is 42.4 Å². The zero-order chi connectivity index (χ0) is 22.8. The number of carbonyl (C=O) groups excluding carboxylic acids is 1. The minimum Gasteiger partial charge on any atom is -0.484 e. The van der Waals surface area contributed by atoms with Crippen LogP contribution in [0.2, 0.25) is 0 Å². The van der Waals surface area contributed by atoms with Crippen LogP contribution >= 0.6 is 11.3 Å². The van der Waals surface area contributed by atoms with E-state index in [9.17, 15) is 4.79 Å². The summed E-state index contributed by atoms with van der Waals surface area (Å²) < 4.78 is 7.00. The van der Waals surface area contributed by atoms with E-state index >= 15 is 0 Å². The summed E-state index contributed by atoms with van der Waals surface area (Å²) in [5.41, 5.74) is 4.34.